The van der Waals surface area contributed by atoms with Gasteiger partial charge in [0.1, 0.15) is 17.3 Å². The normalized spacial score (nSPS) is 16.8. The van der Waals surface area contributed by atoms with Gasteiger partial charge < -0.3 is 9.26 Å². The smallest absolute Gasteiger partial charge is 0.410 e. The first-order chi connectivity index (χ1) is 13.9. The van der Waals surface area contributed by atoms with Crippen LogP contribution in [0.3, 0.4) is 0 Å². The molecule has 1 unspecified atom stereocenters. The van der Waals surface area contributed by atoms with Crippen LogP contribution in [0.2, 0.25) is 0 Å². The highest BCUT2D eigenvalue weighted by Gasteiger charge is 2.36. The second-order valence-electron chi connectivity index (χ2n) is 7.94. The van der Waals surface area contributed by atoms with Gasteiger partial charge in [0.05, 0.1) is 5.69 Å². The first kappa shape index (κ1) is 19.0. The maximum Gasteiger partial charge on any atom is 0.410 e. The quantitative estimate of drug-likeness (QED) is 0.656. The van der Waals surface area contributed by atoms with Gasteiger partial charge in [-0.3, -0.25) is 14.9 Å². The lowest BCUT2D eigenvalue weighted by atomic mass is 10.2. The third-order valence-corrected chi connectivity index (χ3v) is 4.56. The van der Waals surface area contributed by atoms with Crippen molar-refractivity contribution >= 4 is 6.09 Å². The summed E-state index contributed by atoms with van der Waals surface area (Å²) in [5.74, 6) is 0.794. The van der Waals surface area contributed by atoms with Crippen molar-refractivity contribution in [2.45, 2.75) is 45.3 Å². The van der Waals surface area contributed by atoms with E-state index in [-0.39, 0.29) is 12.1 Å². The third kappa shape index (κ3) is 4.26. The van der Waals surface area contributed by atoms with Crippen LogP contribution in [0.15, 0.2) is 47.2 Å². The van der Waals surface area contributed by atoms with Crippen LogP contribution < -0.4 is 0 Å². The van der Waals surface area contributed by atoms with E-state index in [0.717, 1.165) is 24.1 Å². The molecule has 0 spiro atoms. The van der Waals surface area contributed by atoms with Crippen molar-refractivity contribution in [3.63, 3.8) is 0 Å². The molecular formula is C21H23N5O3. The Morgan fingerprint density at radius 2 is 2.03 bits per heavy atom. The number of hydrogen-bond donors (Lipinski definition) is 0. The van der Waals surface area contributed by atoms with Crippen molar-refractivity contribution in [2.24, 2.45) is 0 Å². The summed E-state index contributed by atoms with van der Waals surface area (Å²) in [6.07, 6.45) is 4.73. The molecule has 1 aliphatic heterocycles. The van der Waals surface area contributed by atoms with Gasteiger partial charge in [-0.15, -0.1) is 0 Å². The Balaban J connectivity index is 1.51. The summed E-state index contributed by atoms with van der Waals surface area (Å²) in [5.41, 5.74) is 1.80. The molecule has 0 N–H and O–H groups in total. The van der Waals surface area contributed by atoms with Crippen LogP contribution >= 0.6 is 0 Å². The zero-order valence-corrected chi connectivity index (χ0v) is 16.7. The minimum atomic E-state index is -0.552. The van der Waals surface area contributed by atoms with Crippen LogP contribution in [-0.2, 0) is 4.74 Å². The summed E-state index contributed by atoms with van der Waals surface area (Å²) in [6, 6.07) is 9.20. The maximum absolute atomic E-state index is 12.5. The van der Waals surface area contributed by atoms with E-state index in [2.05, 4.69) is 20.1 Å². The number of aromatic nitrogens is 4. The van der Waals surface area contributed by atoms with Crippen molar-refractivity contribution in [3.05, 3.63) is 48.6 Å². The number of carbonyl (C=O) groups excluding carboxylic acids is 1. The molecule has 0 saturated carbocycles. The predicted octanol–water partition coefficient (Wildman–Crippen LogP) is 4.27. The van der Waals surface area contributed by atoms with Gasteiger partial charge >= 0.3 is 6.09 Å². The summed E-state index contributed by atoms with van der Waals surface area (Å²) in [4.78, 5) is 27.4. The molecule has 8 nitrogen and oxygen atoms in total. The minimum Gasteiger partial charge on any atom is -0.444 e. The minimum absolute atomic E-state index is 0.279. The van der Waals surface area contributed by atoms with Gasteiger partial charge in [0, 0.05) is 24.5 Å². The second-order valence-corrected chi connectivity index (χ2v) is 7.94. The molecular weight excluding hydrogens is 370 g/mol. The summed E-state index contributed by atoms with van der Waals surface area (Å²) in [5, 5.41) is 4.06. The predicted molar refractivity (Wildman–Crippen MR) is 106 cm³/mol. The Labute approximate surface area is 168 Å². The molecule has 8 heteroatoms. The van der Waals surface area contributed by atoms with Crippen LogP contribution in [0.4, 0.5) is 4.79 Å². The highest BCUT2D eigenvalue weighted by Crippen LogP contribution is 2.33. The Morgan fingerprint density at radius 1 is 1.17 bits per heavy atom. The molecule has 0 aliphatic carbocycles. The molecule has 1 fully saturated rings. The van der Waals surface area contributed by atoms with Crippen LogP contribution in [0.1, 0.15) is 45.5 Å². The lowest BCUT2D eigenvalue weighted by molar-refractivity contribution is 0.0199. The van der Waals surface area contributed by atoms with Crippen LogP contribution in [0.5, 0.6) is 0 Å². The fraction of sp³-hybridized carbons (Fsp3) is 0.381. The van der Waals surface area contributed by atoms with Crippen molar-refractivity contribution in [1.82, 2.24) is 25.0 Å². The monoisotopic (exact) mass is 393 g/mol. The Bertz CT molecular complexity index is 980. The van der Waals surface area contributed by atoms with Crippen molar-refractivity contribution < 1.29 is 14.1 Å². The number of nitrogens with zero attached hydrogens (tertiary/aromatic N) is 5. The number of amides is 1. The standard InChI is InChI=1S/C21H23N5O3/c1-21(2,3)28-20(27)26-12-6-8-17(26)19-24-18(25-29-19)16-10-9-14(13-23-16)15-7-4-5-11-22-15/h4-5,7,9-11,13,17H,6,8,12H2,1-3H3. The van der Waals surface area contributed by atoms with Crippen molar-refractivity contribution in [1.29, 1.82) is 0 Å². The molecule has 1 aliphatic rings. The van der Waals surface area contributed by atoms with Gasteiger partial charge in [-0.25, -0.2) is 4.79 Å². The molecule has 3 aromatic rings. The number of carbonyl (C=O) groups is 1. The van der Waals surface area contributed by atoms with Crippen LogP contribution in [0, 0.1) is 0 Å². The van der Waals surface area contributed by atoms with Gasteiger partial charge in [-0.2, -0.15) is 4.98 Å². The molecule has 4 rings (SSSR count). The van der Waals surface area contributed by atoms with Gasteiger partial charge in [-0.1, -0.05) is 11.2 Å². The molecule has 0 bridgehead atoms. The molecule has 0 aromatic carbocycles. The zero-order valence-electron chi connectivity index (χ0n) is 16.7. The number of ether oxygens (including phenoxy) is 1. The SMILES string of the molecule is CC(C)(C)OC(=O)N1CCCC1c1nc(-c2ccc(-c3ccccn3)cn2)no1. The molecule has 3 aromatic heterocycles. The highest BCUT2D eigenvalue weighted by atomic mass is 16.6. The number of hydrogen-bond acceptors (Lipinski definition) is 7. The summed E-state index contributed by atoms with van der Waals surface area (Å²) < 4.78 is 11.0. The van der Waals surface area contributed by atoms with Crippen LogP contribution in [0.25, 0.3) is 22.8 Å². The first-order valence-electron chi connectivity index (χ1n) is 9.62. The van der Waals surface area contributed by atoms with E-state index >= 15 is 0 Å². The fourth-order valence-corrected chi connectivity index (χ4v) is 3.25. The average molecular weight is 393 g/mol. The van der Waals surface area contributed by atoms with E-state index in [1.165, 1.54) is 0 Å². The Kier molecular flexibility index (Phi) is 5.00. The third-order valence-electron chi connectivity index (χ3n) is 4.56. The second kappa shape index (κ2) is 7.62. The van der Waals surface area contributed by atoms with E-state index in [9.17, 15) is 4.79 Å². The number of likely N-dealkylation sites (tertiary alicyclic amines) is 1. The number of rotatable bonds is 3. The summed E-state index contributed by atoms with van der Waals surface area (Å²) in [7, 11) is 0. The molecule has 150 valence electrons. The van der Waals surface area contributed by atoms with Gasteiger partial charge in [0.2, 0.25) is 11.7 Å². The van der Waals surface area contributed by atoms with E-state index in [0.29, 0.717) is 24.0 Å². The summed E-state index contributed by atoms with van der Waals surface area (Å²) >= 11 is 0. The highest BCUT2D eigenvalue weighted by molar-refractivity contribution is 5.69. The lowest BCUT2D eigenvalue weighted by Crippen LogP contribution is -2.36. The van der Waals surface area contributed by atoms with E-state index < -0.39 is 5.60 Å². The maximum atomic E-state index is 12.5. The van der Waals surface area contributed by atoms with E-state index in [4.69, 9.17) is 9.26 Å². The zero-order chi connectivity index (χ0) is 20.4. The lowest BCUT2D eigenvalue weighted by Gasteiger charge is -2.26. The largest absolute Gasteiger partial charge is 0.444 e. The Morgan fingerprint density at radius 3 is 2.72 bits per heavy atom. The van der Waals surface area contributed by atoms with Gasteiger partial charge in [0.15, 0.2) is 0 Å². The first-order valence-corrected chi connectivity index (χ1v) is 9.62. The summed E-state index contributed by atoms with van der Waals surface area (Å²) in [6.45, 7) is 6.15. The fourth-order valence-electron chi connectivity index (χ4n) is 3.25. The Hall–Kier alpha value is -3.29. The molecule has 1 saturated heterocycles. The van der Waals surface area contributed by atoms with Crippen molar-refractivity contribution in [2.75, 3.05) is 6.54 Å². The van der Waals surface area contributed by atoms with Gasteiger partial charge in [0.25, 0.3) is 0 Å². The number of pyridine rings is 2. The van der Waals surface area contributed by atoms with Crippen LogP contribution in [-0.4, -0.2) is 43.2 Å². The molecule has 29 heavy (non-hydrogen) atoms. The molecule has 4 heterocycles. The average Bonchev–Trinajstić information content (AvgIpc) is 3.37. The topological polar surface area (TPSA) is 94.2 Å². The van der Waals surface area contributed by atoms with E-state index in [1.807, 2.05) is 51.1 Å². The molecule has 0 radical (unpaired) electrons. The van der Waals surface area contributed by atoms with E-state index in [1.54, 1.807) is 17.3 Å². The molecule has 1 amide bonds. The van der Waals surface area contributed by atoms with Gasteiger partial charge in [-0.05, 0) is 57.9 Å². The van der Waals surface area contributed by atoms with Crippen molar-refractivity contribution in [3.8, 4) is 22.8 Å². The molecule has 1 atom stereocenters.